The lowest BCUT2D eigenvalue weighted by atomic mass is 10.1. The minimum atomic E-state index is -3.16. The van der Waals surface area contributed by atoms with Gasteiger partial charge in [-0.2, -0.15) is 0 Å². The number of aryl methyl sites for hydroxylation is 1. The smallest absolute Gasteiger partial charge is 0.191 e. The largest absolute Gasteiger partial charge is 0.356 e. The molecule has 1 aromatic rings. The van der Waals surface area contributed by atoms with Crippen molar-refractivity contribution >= 4 is 55.7 Å². The van der Waals surface area contributed by atoms with E-state index in [4.69, 9.17) is 0 Å². The second-order valence-corrected chi connectivity index (χ2v) is 10.5. The van der Waals surface area contributed by atoms with Crippen LogP contribution in [-0.2, 0) is 16.3 Å². The van der Waals surface area contributed by atoms with E-state index < -0.39 is 14.6 Å². The first kappa shape index (κ1) is 25.6. The first-order valence-electron chi connectivity index (χ1n) is 8.17. The van der Waals surface area contributed by atoms with Crippen molar-refractivity contribution in [3.05, 3.63) is 34.1 Å². The molecule has 26 heavy (non-hydrogen) atoms. The van der Waals surface area contributed by atoms with Gasteiger partial charge >= 0.3 is 0 Å². The second-order valence-electron chi connectivity index (χ2n) is 6.70. The molecule has 0 amide bonds. The number of nitrogens with zero attached hydrogens (tertiary/aromatic N) is 1. The van der Waals surface area contributed by atoms with E-state index in [0.717, 1.165) is 10.9 Å². The van der Waals surface area contributed by atoms with E-state index in [9.17, 15) is 12.8 Å². The molecular formula is C17H28BrFIN3O2S. The molecule has 0 aliphatic heterocycles. The Morgan fingerprint density at radius 2 is 1.85 bits per heavy atom. The minimum absolute atomic E-state index is 0. The van der Waals surface area contributed by atoms with Gasteiger partial charge in [0.2, 0.25) is 0 Å². The lowest BCUT2D eigenvalue weighted by Crippen LogP contribution is -2.42. The van der Waals surface area contributed by atoms with Gasteiger partial charge in [0.1, 0.15) is 5.82 Å². The Morgan fingerprint density at radius 3 is 2.38 bits per heavy atom. The standard InChI is InChI=1S/C17H27BrFN3O2S.HI/c1-17(2,3)25(23,24)11-10-22-16(20-4)21-9-5-6-13-7-8-14(18)12-15(13)19;/h7-8,12H,5-6,9-11H2,1-4H3,(H2,20,21,22);1H. The first-order chi connectivity index (χ1) is 11.6. The lowest BCUT2D eigenvalue weighted by molar-refractivity contribution is 0.559. The minimum Gasteiger partial charge on any atom is -0.356 e. The third kappa shape index (κ3) is 8.51. The van der Waals surface area contributed by atoms with Gasteiger partial charge < -0.3 is 10.6 Å². The highest BCUT2D eigenvalue weighted by atomic mass is 127. The zero-order valence-electron chi connectivity index (χ0n) is 15.6. The molecule has 0 spiro atoms. The monoisotopic (exact) mass is 563 g/mol. The Kier molecular flexibility index (Phi) is 11.2. The average molecular weight is 564 g/mol. The second kappa shape index (κ2) is 11.4. The number of aliphatic imine (C=N–C) groups is 1. The van der Waals surface area contributed by atoms with Crippen LogP contribution in [0.1, 0.15) is 32.8 Å². The topological polar surface area (TPSA) is 70.6 Å². The molecule has 0 bridgehead atoms. The number of sulfone groups is 1. The zero-order chi connectivity index (χ0) is 19.1. The SMILES string of the molecule is CN=C(NCCCc1ccc(Br)cc1F)NCCS(=O)(=O)C(C)(C)C.I. The summed E-state index contributed by atoms with van der Waals surface area (Å²) >= 11 is 3.24. The molecule has 1 rings (SSSR count). The van der Waals surface area contributed by atoms with Gasteiger partial charge in [0.15, 0.2) is 15.8 Å². The number of guanidine groups is 1. The van der Waals surface area contributed by atoms with Gasteiger partial charge in [0.25, 0.3) is 0 Å². The summed E-state index contributed by atoms with van der Waals surface area (Å²) in [6.07, 6.45) is 1.35. The van der Waals surface area contributed by atoms with Crippen molar-refractivity contribution in [3.63, 3.8) is 0 Å². The van der Waals surface area contributed by atoms with Crippen LogP contribution in [0.3, 0.4) is 0 Å². The maximum atomic E-state index is 13.7. The Bertz CT molecular complexity index is 706. The van der Waals surface area contributed by atoms with Crippen molar-refractivity contribution < 1.29 is 12.8 Å². The van der Waals surface area contributed by atoms with Crippen LogP contribution in [0.25, 0.3) is 0 Å². The van der Waals surface area contributed by atoms with Gasteiger partial charge in [0.05, 0.1) is 10.5 Å². The fraction of sp³-hybridized carbons (Fsp3) is 0.588. The van der Waals surface area contributed by atoms with Crippen molar-refractivity contribution in [1.82, 2.24) is 10.6 Å². The lowest BCUT2D eigenvalue weighted by Gasteiger charge is -2.19. The molecule has 0 saturated heterocycles. The van der Waals surface area contributed by atoms with Gasteiger partial charge in [-0.1, -0.05) is 22.0 Å². The summed E-state index contributed by atoms with van der Waals surface area (Å²) in [5.74, 6) is 0.367. The molecule has 0 saturated carbocycles. The quantitative estimate of drug-likeness (QED) is 0.230. The van der Waals surface area contributed by atoms with Crippen LogP contribution in [0.2, 0.25) is 0 Å². The molecule has 150 valence electrons. The third-order valence-electron chi connectivity index (χ3n) is 3.75. The normalized spacial score (nSPS) is 12.5. The Labute approximate surface area is 181 Å². The van der Waals surface area contributed by atoms with E-state index in [0.29, 0.717) is 31.0 Å². The molecule has 0 heterocycles. The summed E-state index contributed by atoms with van der Waals surface area (Å²) in [7, 11) is -1.53. The molecule has 0 aliphatic rings. The predicted molar refractivity (Wildman–Crippen MR) is 121 cm³/mol. The fourth-order valence-corrected chi connectivity index (χ4v) is 3.36. The maximum absolute atomic E-state index is 13.7. The highest BCUT2D eigenvalue weighted by Gasteiger charge is 2.28. The summed E-state index contributed by atoms with van der Waals surface area (Å²) in [5, 5.41) is 6.10. The van der Waals surface area contributed by atoms with Gasteiger partial charge in [-0.15, -0.1) is 24.0 Å². The van der Waals surface area contributed by atoms with E-state index in [1.807, 2.05) is 6.07 Å². The van der Waals surface area contributed by atoms with Gasteiger partial charge in [-0.05, 0) is 51.3 Å². The van der Waals surface area contributed by atoms with Crippen molar-refractivity contribution in [2.24, 2.45) is 4.99 Å². The van der Waals surface area contributed by atoms with Crippen LogP contribution in [0.15, 0.2) is 27.7 Å². The van der Waals surface area contributed by atoms with Crippen molar-refractivity contribution in [2.75, 3.05) is 25.9 Å². The van der Waals surface area contributed by atoms with Crippen molar-refractivity contribution in [2.45, 2.75) is 38.4 Å². The van der Waals surface area contributed by atoms with Crippen LogP contribution >= 0.6 is 39.9 Å². The summed E-state index contributed by atoms with van der Waals surface area (Å²) < 4.78 is 37.8. The molecule has 1 aromatic carbocycles. The van der Waals surface area contributed by atoms with Crippen LogP contribution < -0.4 is 10.6 Å². The Hall–Kier alpha value is -0.420. The van der Waals surface area contributed by atoms with Crippen molar-refractivity contribution in [3.8, 4) is 0 Å². The number of hydrogen-bond donors (Lipinski definition) is 2. The first-order valence-corrected chi connectivity index (χ1v) is 10.6. The molecule has 5 nitrogen and oxygen atoms in total. The molecule has 0 aliphatic carbocycles. The molecule has 0 radical (unpaired) electrons. The Morgan fingerprint density at radius 1 is 1.23 bits per heavy atom. The Balaban J connectivity index is 0.00000625. The van der Waals surface area contributed by atoms with Crippen molar-refractivity contribution in [1.29, 1.82) is 0 Å². The van der Waals surface area contributed by atoms with E-state index in [1.54, 1.807) is 33.9 Å². The van der Waals surface area contributed by atoms with Crippen LogP contribution in [0, 0.1) is 5.82 Å². The number of hydrogen-bond acceptors (Lipinski definition) is 3. The number of halogens is 3. The van der Waals surface area contributed by atoms with Crippen LogP contribution in [-0.4, -0.2) is 45.0 Å². The van der Waals surface area contributed by atoms with Gasteiger partial charge in [-0.25, -0.2) is 12.8 Å². The fourth-order valence-electron chi connectivity index (χ4n) is 2.04. The van der Waals surface area contributed by atoms with E-state index in [2.05, 4.69) is 31.6 Å². The third-order valence-corrected chi connectivity index (χ3v) is 6.85. The molecular weight excluding hydrogens is 536 g/mol. The average Bonchev–Trinajstić information content (AvgIpc) is 2.50. The molecule has 0 unspecified atom stereocenters. The molecule has 0 aromatic heterocycles. The van der Waals surface area contributed by atoms with E-state index in [-0.39, 0.29) is 35.5 Å². The summed E-state index contributed by atoms with van der Waals surface area (Å²) in [5.41, 5.74) is 0.671. The van der Waals surface area contributed by atoms with Crippen LogP contribution in [0.4, 0.5) is 4.39 Å². The highest BCUT2D eigenvalue weighted by Crippen LogP contribution is 2.16. The molecule has 0 fully saturated rings. The van der Waals surface area contributed by atoms with E-state index >= 15 is 0 Å². The number of nitrogens with one attached hydrogen (secondary N) is 2. The van der Waals surface area contributed by atoms with Gasteiger partial charge in [0, 0.05) is 24.6 Å². The molecule has 9 heteroatoms. The molecule has 2 N–H and O–H groups in total. The summed E-state index contributed by atoms with van der Waals surface area (Å²) in [6.45, 7) is 5.98. The van der Waals surface area contributed by atoms with Gasteiger partial charge in [-0.3, -0.25) is 4.99 Å². The van der Waals surface area contributed by atoms with Crippen LogP contribution in [0.5, 0.6) is 0 Å². The number of rotatable bonds is 7. The summed E-state index contributed by atoms with van der Waals surface area (Å²) in [6, 6.07) is 5.05. The molecule has 0 atom stereocenters. The zero-order valence-corrected chi connectivity index (χ0v) is 20.3. The maximum Gasteiger partial charge on any atom is 0.191 e. The highest BCUT2D eigenvalue weighted by molar-refractivity contribution is 14.0. The summed E-state index contributed by atoms with van der Waals surface area (Å²) in [4.78, 5) is 4.06. The van der Waals surface area contributed by atoms with E-state index in [1.165, 1.54) is 6.07 Å². The number of benzene rings is 1. The predicted octanol–water partition coefficient (Wildman–Crippen LogP) is 3.52.